The van der Waals surface area contributed by atoms with E-state index in [-0.39, 0.29) is 18.0 Å². The molecule has 0 aliphatic rings. The second-order valence-electron chi connectivity index (χ2n) is 14.1. The number of carbonyl (C=O) groups excluding carboxylic acids is 2. The minimum absolute atomic E-state index is 0.0567. The first kappa shape index (κ1) is 46.1. The first-order valence-electron chi connectivity index (χ1n) is 20.5. The summed E-state index contributed by atoms with van der Waals surface area (Å²) in [6, 6.07) is -0.850. The van der Waals surface area contributed by atoms with E-state index in [1.807, 2.05) is 0 Å². The molecule has 2 atom stereocenters. The van der Waals surface area contributed by atoms with Crippen LogP contribution in [0.25, 0.3) is 0 Å². The molecule has 1 amide bonds. The van der Waals surface area contributed by atoms with Gasteiger partial charge < -0.3 is 20.9 Å². The molecule has 0 rings (SSSR count). The zero-order valence-corrected chi connectivity index (χ0v) is 31.6. The van der Waals surface area contributed by atoms with Crippen molar-refractivity contribution in [2.75, 3.05) is 6.54 Å². The van der Waals surface area contributed by atoms with Crippen LogP contribution in [0.4, 0.5) is 0 Å². The van der Waals surface area contributed by atoms with Crippen molar-refractivity contribution in [2.45, 2.75) is 225 Å². The average molecular weight is 679 g/mol. The Morgan fingerprint density at radius 1 is 0.604 bits per heavy atom. The lowest BCUT2D eigenvalue weighted by Crippen LogP contribution is -2.40. The molecule has 0 aliphatic heterocycles. The van der Waals surface area contributed by atoms with Crippen molar-refractivity contribution < 1.29 is 24.2 Å². The van der Waals surface area contributed by atoms with Crippen LogP contribution < -0.4 is 11.1 Å². The smallest absolute Gasteiger partial charge is 0.326 e. The van der Waals surface area contributed by atoms with E-state index in [1.165, 1.54) is 109 Å². The van der Waals surface area contributed by atoms with Gasteiger partial charge in [0, 0.05) is 12.8 Å². The molecule has 0 saturated heterocycles. The number of nitrogens with two attached hydrogens (primary N) is 1. The highest BCUT2D eigenvalue weighted by atomic mass is 16.5. The Labute approximate surface area is 296 Å². The summed E-state index contributed by atoms with van der Waals surface area (Å²) >= 11 is 0. The molecule has 0 aromatic rings. The summed E-state index contributed by atoms with van der Waals surface area (Å²) in [5.41, 5.74) is 5.47. The Balaban J connectivity index is 4.24. The zero-order valence-electron chi connectivity index (χ0n) is 31.6. The molecule has 0 spiro atoms. The van der Waals surface area contributed by atoms with E-state index in [0.717, 1.165) is 64.2 Å². The predicted molar refractivity (Wildman–Crippen MR) is 202 cm³/mol. The lowest BCUT2D eigenvalue weighted by molar-refractivity contribution is -0.147. The molecule has 7 nitrogen and oxygen atoms in total. The van der Waals surface area contributed by atoms with Gasteiger partial charge in [-0.25, -0.2) is 4.79 Å². The van der Waals surface area contributed by atoms with Crippen LogP contribution in [0.15, 0.2) is 12.2 Å². The van der Waals surface area contributed by atoms with Gasteiger partial charge in [0.1, 0.15) is 12.1 Å². The predicted octanol–water partition coefficient (Wildman–Crippen LogP) is 11.1. The van der Waals surface area contributed by atoms with Gasteiger partial charge in [-0.2, -0.15) is 0 Å². The van der Waals surface area contributed by atoms with Crippen LogP contribution in [0.5, 0.6) is 0 Å². The monoisotopic (exact) mass is 679 g/mol. The summed E-state index contributed by atoms with van der Waals surface area (Å²) in [6.45, 7) is 4.93. The summed E-state index contributed by atoms with van der Waals surface area (Å²) in [4.78, 5) is 36.1. The standard InChI is InChI=1S/C41H78N2O5/c1-3-5-7-9-11-13-14-15-16-17-19-25-29-35-40(45)48-37(31-26-22-18-12-10-8-6-4-2)32-27-23-20-21-24-28-34-39(44)43-38(41(46)47)33-30-36-42/h26,31,37-38H,3-25,27-30,32-36,42H2,1-2H3,(H,43,44)(H,46,47)/b31-26-. The molecule has 0 bridgehead atoms. The van der Waals surface area contributed by atoms with Crippen LogP contribution >= 0.6 is 0 Å². The maximum Gasteiger partial charge on any atom is 0.326 e. The number of carboxylic acids is 1. The van der Waals surface area contributed by atoms with E-state index >= 15 is 0 Å². The molecule has 7 heteroatoms. The summed E-state index contributed by atoms with van der Waals surface area (Å²) in [5, 5.41) is 11.9. The van der Waals surface area contributed by atoms with E-state index in [4.69, 9.17) is 10.5 Å². The van der Waals surface area contributed by atoms with Gasteiger partial charge in [0.25, 0.3) is 0 Å². The average Bonchev–Trinajstić information content (AvgIpc) is 3.07. The highest BCUT2D eigenvalue weighted by molar-refractivity contribution is 5.83. The summed E-state index contributed by atoms with van der Waals surface area (Å²) in [7, 11) is 0. The van der Waals surface area contributed by atoms with E-state index in [2.05, 4.69) is 31.3 Å². The Morgan fingerprint density at radius 2 is 1.06 bits per heavy atom. The van der Waals surface area contributed by atoms with Gasteiger partial charge in [0.15, 0.2) is 0 Å². The maximum absolute atomic E-state index is 12.7. The van der Waals surface area contributed by atoms with Gasteiger partial charge in [-0.05, 0) is 64.0 Å². The van der Waals surface area contributed by atoms with Crippen LogP contribution in [-0.2, 0) is 19.1 Å². The Bertz CT molecular complexity index is 772. The highest BCUT2D eigenvalue weighted by Gasteiger charge is 2.18. The van der Waals surface area contributed by atoms with Crippen molar-refractivity contribution in [3.8, 4) is 0 Å². The van der Waals surface area contributed by atoms with Crippen molar-refractivity contribution >= 4 is 17.8 Å². The number of carbonyl (C=O) groups is 3. The van der Waals surface area contributed by atoms with E-state index < -0.39 is 12.0 Å². The molecule has 0 fully saturated rings. The van der Waals surface area contributed by atoms with Crippen molar-refractivity contribution in [3.05, 3.63) is 12.2 Å². The molecule has 0 aromatic carbocycles. The number of unbranched alkanes of at least 4 members (excludes halogenated alkanes) is 23. The van der Waals surface area contributed by atoms with Gasteiger partial charge in [0.05, 0.1) is 0 Å². The number of carboxylic acid groups (broad SMARTS) is 1. The first-order valence-corrected chi connectivity index (χ1v) is 20.5. The number of esters is 1. The molecular weight excluding hydrogens is 600 g/mol. The third kappa shape index (κ3) is 32.6. The Kier molecular flexibility index (Phi) is 35.0. The fourth-order valence-corrected chi connectivity index (χ4v) is 6.18. The molecular formula is C41H78N2O5. The molecule has 0 aromatic heterocycles. The van der Waals surface area contributed by atoms with E-state index in [1.54, 1.807) is 0 Å². The fourth-order valence-electron chi connectivity index (χ4n) is 6.18. The SMILES string of the molecule is CCCCCCCC/C=C\C(CCCCCCCCC(=O)NC(CCCN)C(=O)O)OC(=O)CCCCCCCCCCCCCCC. The van der Waals surface area contributed by atoms with Crippen LogP contribution in [0.1, 0.15) is 213 Å². The first-order chi connectivity index (χ1) is 23.4. The van der Waals surface area contributed by atoms with Gasteiger partial charge >= 0.3 is 11.9 Å². The number of amides is 1. The zero-order chi connectivity index (χ0) is 35.3. The summed E-state index contributed by atoms with van der Waals surface area (Å²) in [6.07, 6.45) is 38.4. The topological polar surface area (TPSA) is 119 Å². The van der Waals surface area contributed by atoms with Gasteiger partial charge in [-0.15, -0.1) is 0 Å². The molecule has 282 valence electrons. The second-order valence-corrected chi connectivity index (χ2v) is 14.1. The third-order valence-electron chi connectivity index (χ3n) is 9.32. The largest absolute Gasteiger partial charge is 0.480 e. The van der Waals surface area contributed by atoms with Crippen LogP contribution in [0, 0.1) is 0 Å². The van der Waals surface area contributed by atoms with Crippen LogP contribution in [-0.4, -0.2) is 41.6 Å². The Morgan fingerprint density at radius 3 is 1.56 bits per heavy atom. The number of ether oxygens (including phenoxy) is 1. The number of nitrogens with one attached hydrogen (secondary N) is 1. The van der Waals surface area contributed by atoms with Crippen molar-refractivity contribution in [3.63, 3.8) is 0 Å². The lowest BCUT2D eigenvalue weighted by Gasteiger charge is -2.15. The summed E-state index contributed by atoms with van der Waals surface area (Å²) in [5.74, 6) is -1.26. The van der Waals surface area contributed by atoms with E-state index in [9.17, 15) is 19.5 Å². The van der Waals surface area contributed by atoms with Gasteiger partial charge in [-0.1, -0.05) is 155 Å². The molecule has 0 heterocycles. The van der Waals surface area contributed by atoms with Gasteiger partial charge in [-0.3, -0.25) is 9.59 Å². The number of rotatable bonds is 37. The number of hydrogen-bond donors (Lipinski definition) is 3. The maximum atomic E-state index is 12.7. The number of aliphatic carboxylic acids is 1. The van der Waals surface area contributed by atoms with Crippen LogP contribution in [0.2, 0.25) is 0 Å². The summed E-state index contributed by atoms with van der Waals surface area (Å²) < 4.78 is 5.94. The Hall–Kier alpha value is -1.89. The molecule has 0 radical (unpaired) electrons. The van der Waals surface area contributed by atoms with Crippen molar-refractivity contribution in [1.82, 2.24) is 5.32 Å². The highest BCUT2D eigenvalue weighted by Crippen LogP contribution is 2.16. The molecule has 48 heavy (non-hydrogen) atoms. The molecule has 2 unspecified atom stereocenters. The molecule has 4 N–H and O–H groups in total. The second kappa shape index (κ2) is 36.4. The minimum atomic E-state index is -1.00. The van der Waals surface area contributed by atoms with Crippen molar-refractivity contribution in [1.29, 1.82) is 0 Å². The quantitative estimate of drug-likeness (QED) is 0.0342. The molecule has 0 saturated carbocycles. The number of allylic oxidation sites excluding steroid dienone is 1. The van der Waals surface area contributed by atoms with Crippen molar-refractivity contribution in [2.24, 2.45) is 5.73 Å². The fraction of sp³-hybridized carbons (Fsp3) is 0.878. The number of hydrogen-bond acceptors (Lipinski definition) is 5. The molecule has 0 aliphatic carbocycles. The normalized spacial score (nSPS) is 12.7. The van der Waals surface area contributed by atoms with Crippen LogP contribution in [0.3, 0.4) is 0 Å². The minimum Gasteiger partial charge on any atom is -0.480 e. The van der Waals surface area contributed by atoms with E-state index in [0.29, 0.717) is 32.2 Å². The third-order valence-corrected chi connectivity index (χ3v) is 9.32. The van der Waals surface area contributed by atoms with Gasteiger partial charge in [0.2, 0.25) is 5.91 Å². The lowest BCUT2D eigenvalue weighted by atomic mass is 10.0.